The third-order valence-electron chi connectivity index (χ3n) is 3.62. The topological polar surface area (TPSA) is 57.6 Å². The lowest BCUT2D eigenvalue weighted by Crippen LogP contribution is -2.29. The van der Waals surface area contributed by atoms with Gasteiger partial charge >= 0.3 is 5.97 Å². The third-order valence-corrected chi connectivity index (χ3v) is 4.54. The fraction of sp³-hybridized carbons (Fsp3) is 0.467. The highest BCUT2D eigenvalue weighted by atomic mass is 32.1. The molecule has 1 aromatic rings. The Bertz CT molecular complexity index is 521. The Kier molecular flexibility index (Phi) is 4.95. The highest BCUT2D eigenvalue weighted by Gasteiger charge is 2.21. The molecule has 1 aliphatic heterocycles. The van der Waals surface area contributed by atoms with Gasteiger partial charge in [0.05, 0.1) is 6.54 Å². The molecule has 0 aliphatic carbocycles. The monoisotopic (exact) mass is 293 g/mol. The van der Waals surface area contributed by atoms with E-state index in [1.807, 2.05) is 16.3 Å². The Labute approximate surface area is 122 Å². The van der Waals surface area contributed by atoms with Crippen LogP contribution in [0.1, 0.15) is 36.6 Å². The maximum absolute atomic E-state index is 12.1. The first-order valence-electron chi connectivity index (χ1n) is 6.81. The second-order valence-electron chi connectivity index (χ2n) is 5.22. The molecule has 2 rings (SSSR count). The van der Waals surface area contributed by atoms with E-state index < -0.39 is 5.97 Å². The Morgan fingerprint density at radius 3 is 3.10 bits per heavy atom. The molecule has 0 spiro atoms. The molecule has 1 saturated heterocycles. The fourth-order valence-electron chi connectivity index (χ4n) is 2.30. The number of nitrogens with zero attached hydrogens (tertiary/aromatic N) is 1. The number of likely N-dealkylation sites (tertiary alicyclic amines) is 1. The third kappa shape index (κ3) is 3.93. The Balaban J connectivity index is 2.07. The summed E-state index contributed by atoms with van der Waals surface area (Å²) in [6.07, 6.45) is 5.35. The van der Waals surface area contributed by atoms with Gasteiger partial charge in [-0.1, -0.05) is 6.92 Å². The number of hydrogen-bond donors (Lipinski definition) is 1. The molecular weight excluding hydrogens is 274 g/mol. The highest BCUT2D eigenvalue weighted by molar-refractivity contribution is 7.10. The summed E-state index contributed by atoms with van der Waals surface area (Å²) >= 11 is 1.57. The van der Waals surface area contributed by atoms with Crippen LogP contribution in [0, 0.1) is 5.92 Å². The van der Waals surface area contributed by atoms with Crippen LogP contribution >= 0.6 is 11.3 Å². The van der Waals surface area contributed by atoms with Crippen LogP contribution in [0.3, 0.4) is 0 Å². The predicted octanol–water partition coefficient (Wildman–Crippen LogP) is 2.99. The first-order valence-corrected chi connectivity index (χ1v) is 7.69. The zero-order valence-electron chi connectivity index (χ0n) is 11.5. The molecule has 0 saturated carbocycles. The summed E-state index contributed by atoms with van der Waals surface area (Å²) in [6.45, 7) is 3.56. The molecule has 0 radical (unpaired) electrons. The van der Waals surface area contributed by atoms with Gasteiger partial charge in [-0.2, -0.15) is 0 Å². The minimum Gasteiger partial charge on any atom is -0.478 e. The molecule has 2 heterocycles. The minimum absolute atomic E-state index is 0.205. The summed E-state index contributed by atoms with van der Waals surface area (Å²) in [6, 6.07) is 1.89. The van der Waals surface area contributed by atoms with Crippen LogP contribution in [0.4, 0.5) is 0 Å². The average molecular weight is 293 g/mol. The maximum Gasteiger partial charge on any atom is 0.328 e. The molecule has 1 amide bonds. The molecule has 108 valence electrons. The first-order chi connectivity index (χ1) is 9.56. The molecule has 1 N–H and O–H groups in total. The average Bonchev–Trinajstić information content (AvgIpc) is 2.78. The summed E-state index contributed by atoms with van der Waals surface area (Å²) in [7, 11) is 0. The number of hydrogen-bond acceptors (Lipinski definition) is 3. The molecule has 1 aliphatic rings. The minimum atomic E-state index is -0.957. The number of carbonyl (C=O) groups excluding carboxylic acids is 1. The number of rotatable bonds is 4. The van der Waals surface area contributed by atoms with Crippen molar-refractivity contribution in [2.75, 3.05) is 6.54 Å². The first kappa shape index (κ1) is 14.8. The fourth-order valence-corrected chi connectivity index (χ4v) is 3.18. The van der Waals surface area contributed by atoms with E-state index in [1.165, 1.54) is 0 Å². The van der Waals surface area contributed by atoms with Gasteiger partial charge in [-0.05, 0) is 41.8 Å². The summed E-state index contributed by atoms with van der Waals surface area (Å²) < 4.78 is 0. The van der Waals surface area contributed by atoms with Crippen LogP contribution < -0.4 is 0 Å². The summed E-state index contributed by atoms with van der Waals surface area (Å²) in [5.74, 6) is -0.156. The van der Waals surface area contributed by atoms with E-state index in [0.29, 0.717) is 18.9 Å². The van der Waals surface area contributed by atoms with Crippen LogP contribution in [0.25, 0.3) is 6.08 Å². The van der Waals surface area contributed by atoms with Crippen LogP contribution in [-0.4, -0.2) is 28.4 Å². The normalized spacial score (nSPS) is 20.4. The van der Waals surface area contributed by atoms with E-state index in [1.54, 1.807) is 17.4 Å². The molecule has 1 aromatic heterocycles. The van der Waals surface area contributed by atoms with Crippen LogP contribution in [0.5, 0.6) is 0 Å². The van der Waals surface area contributed by atoms with Crippen molar-refractivity contribution in [3.8, 4) is 0 Å². The van der Waals surface area contributed by atoms with Crippen molar-refractivity contribution < 1.29 is 14.7 Å². The molecular formula is C15H19NO3S. The van der Waals surface area contributed by atoms with Gasteiger partial charge in [-0.25, -0.2) is 4.79 Å². The Hall–Kier alpha value is -1.62. The van der Waals surface area contributed by atoms with Gasteiger partial charge in [-0.3, -0.25) is 4.79 Å². The molecule has 5 heteroatoms. The van der Waals surface area contributed by atoms with Crippen LogP contribution in [0.15, 0.2) is 17.5 Å². The predicted molar refractivity (Wildman–Crippen MR) is 79.4 cm³/mol. The van der Waals surface area contributed by atoms with Crippen molar-refractivity contribution in [3.05, 3.63) is 28.0 Å². The van der Waals surface area contributed by atoms with E-state index in [-0.39, 0.29) is 5.91 Å². The molecule has 20 heavy (non-hydrogen) atoms. The van der Waals surface area contributed by atoms with Gasteiger partial charge < -0.3 is 10.0 Å². The molecule has 4 nitrogen and oxygen atoms in total. The number of thiophene rings is 1. The second kappa shape index (κ2) is 6.70. The van der Waals surface area contributed by atoms with E-state index in [2.05, 4.69) is 6.92 Å². The number of aliphatic carboxylic acids is 1. The Morgan fingerprint density at radius 1 is 1.55 bits per heavy atom. The van der Waals surface area contributed by atoms with Gasteiger partial charge in [-0.15, -0.1) is 11.3 Å². The zero-order chi connectivity index (χ0) is 14.5. The smallest absolute Gasteiger partial charge is 0.328 e. The number of amides is 1. The van der Waals surface area contributed by atoms with Crippen molar-refractivity contribution in [1.82, 2.24) is 4.90 Å². The van der Waals surface area contributed by atoms with Gasteiger partial charge in [0.1, 0.15) is 0 Å². The number of carboxylic acids is 1. The van der Waals surface area contributed by atoms with E-state index in [9.17, 15) is 9.59 Å². The van der Waals surface area contributed by atoms with Gasteiger partial charge in [0.15, 0.2) is 0 Å². The van der Waals surface area contributed by atoms with Crippen molar-refractivity contribution in [1.29, 1.82) is 0 Å². The van der Waals surface area contributed by atoms with Crippen molar-refractivity contribution >= 4 is 29.3 Å². The zero-order valence-corrected chi connectivity index (χ0v) is 12.4. The van der Waals surface area contributed by atoms with E-state index in [4.69, 9.17) is 5.11 Å². The van der Waals surface area contributed by atoms with Crippen LogP contribution in [-0.2, 0) is 16.1 Å². The largest absolute Gasteiger partial charge is 0.478 e. The summed E-state index contributed by atoms with van der Waals surface area (Å²) in [4.78, 5) is 25.6. The van der Waals surface area contributed by atoms with Gasteiger partial charge in [0, 0.05) is 23.9 Å². The summed E-state index contributed by atoms with van der Waals surface area (Å²) in [5, 5.41) is 10.6. The summed E-state index contributed by atoms with van der Waals surface area (Å²) in [5.41, 5.74) is 0.891. The number of carboxylic acid groups (broad SMARTS) is 1. The molecule has 1 fully saturated rings. The van der Waals surface area contributed by atoms with Crippen molar-refractivity contribution in [2.24, 2.45) is 5.92 Å². The lowest BCUT2D eigenvalue weighted by atomic mass is 10.0. The molecule has 0 bridgehead atoms. The molecule has 0 aromatic carbocycles. The van der Waals surface area contributed by atoms with Gasteiger partial charge in [0.25, 0.3) is 0 Å². The molecule has 1 atom stereocenters. The maximum atomic E-state index is 12.1. The SMILES string of the molecule is CC1CCC(=O)N(Cc2sccc2C=CC(=O)O)CC1. The van der Waals surface area contributed by atoms with E-state index in [0.717, 1.165) is 35.9 Å². The lowest BCUT2D eigenvalue weighted by molar-refractivity contribution is -0.132. The Morgan fingerprint density at radius 2 is 2.35 bits per heavy atom. The standard InChI is InChI=1S/C15H19NO3S/c1-11-2-4-14(17)16(8-6-11)10-13-12(7-9-20-13)3-5-15(18)19/h3,5,7,9,11H,2,4,6,8,10H2,1H3,(H,18,19). The van der Waals surface area contributed by atoms with Crippen molar-refractivity contribution in [3.63, 3.8) is 0 Å². The lowest BCUT2D eigenvalue weighted by Gasteiger charge is -2.20. The van der Waals surface area contributed by atoms with E-state index >= 15 is 0 Å². The van der Waals surface area contributed by atoms with Crippen molar-refractivity contribution in [2.45, 2.75) is 32.7 Å². The van der Waals surface area contributed by atoms with Crippen LogP contribution in [0.2, 0.25) is 0 Å². The number of carbonyl (C=O) groups is 2. The second-order valence-corrected chi connectivity index (χ2v) is 6.22. The molecule has 1 unspecified atom stereocenters. The van der Waals surface area contributed by atoms with Gasteiger partial charge in [0.2, 0.25) is 5.91 Å². The quantitative estimate of drug-likeness (QED) is 0.868. The highest BCUT2D eigenvalue weighted by Crippen LogP contribution is 2.24.